The monoisotopic (exact) mass is 454 g/mol. The molecule has 1 amide bonds. The molecule has 3 aromatic heterocycles. The summed E-state index contributed by atoms with van der Waals surface area (Å²) in [7, 11) is 1.57. The first-order valence-corrected chi connectivity index (χ1v) is 11.6. The second kappa shape index (κ2) is 8.60. The lowest BCUT2D eigenvalue weighted by molar-refractivity contribution is 0.0964. The van der Waals surface area contributed by atoms with Crippen LogP contribution < -0.4 is 10.9 Å². The number of aromatic nitrogens is 3. The van der Waals surface area contributed by atoms with E-state index >= 15 is 0 Å². The maximum atomic E-state index is 13.9. The van der Waals surface area contributed by atoms with E-state index in [1.807, 2.05) is 66.3 Å². The molecule has 1 N–H and O–H groups in total. The summed E-state index contributed by atoms with van der Waals surface area (Å²) in [5.74, 6) is -0.303. The quantitative estimate of drug-likeness (QED) is 0.418. The first kappa shape index (κ1) is 21.0. The zero-order chi connectivity index (χ0) is 22.9. The molecule has 7 heteroatoms. The van der Waals surface area contributed by atoms with Crippen LogP contribution in [0.4, 0.5) is 0 Å². The summed E-state index contributed by atoms with van der Waals surface area (Å²) in [6.07, 6.45) is 2.44. The second-order valence-electron chi connectivity index (χ2n) is 7.96. The minimum absolute atomic E-state index is 0.0224. The van der Waals surface area contributed by atoms with Crippen LogP contribution >= 0.6 is 11.3 Å². The molecule has 0 unspecified atom stereocenters. The van der Waals surface area contributed by atoms with Crippen LogP contribution in [0.1, 0.15) is 34.6 Å². The highest BCUT2D eigenvalue weighted by Crippen LogP contribution is 2.28. The first-order chi connectivity index (χ1) is 16.1. The van der Waals surface area contributed by atoms with Crippen molar-refractivity contribution in [3.63, 3.8) is 0 Å². The van der Waals surface area contributed by atoms with Gasteiger partial charge in [-0.15, -0.1) is 11.3 Å². The first-order valence-electron chi connectivity index (χ1n) is 10.7. The van der Waals surface area contributed by atoms with Gasteiger partial charge < -0.3 is 5.32 Å². The molecule has 0 bridgehead atoms. The molecule has 6 nitrogen and oxygen atoms in total. The molecule has 3 heterocycles. The Hall–Kier alpha value is -3.84. The van der Waals surface area contributed by atoms with Crippen molar-refractivity contribution in [3.8, 4) is 5.69 Å². The van der Waals surface area contributed by atoms with E-state index < -0.39 is 0 Å². The van der Waals surface area contributed by atoms with Crippen LogP contribution in [0.15, 0.2) is 77.2 Å². The average Bonchev–Trinajstić information content (AvgIpc) is 3.33. The summed E-state index contributed by atoms with van der Waals surface area (Å²) >= 11 is 1.59. The van der Waals surface area contributed by atoms with E-state index in [9.17, 15) is 9.59 Å². The summed E-state index contributed by atoms with van der Waals surface area (Å²) in [5, 5.41) is 3.80. The number of fused-ring (bicyclic) bond motifs is 2. The summed E-state index contributed by atoms with van der Waals surface area (Å²) < 4.78 is 2.82. The molecule has 0 aliphatic rings. The van der Waals surface area contributed by atoms with Gasteiger partial charge in [0, 0.05) is 30.5 Å². The normalized spacial score (nSPS) is 12.2. The molecule has 0 aliphatic heterocycles. The number of pyridine rings is 2. The Kier molecular flexibility index (Phi) is 5.48. The van der Waals surface area contributed by atoms with E-state index in [0.717, 1.165) is 32.7 Å². The average molecular weight is 455 g/mol. The van der Waals surface area contributed by atoms with Gasteiger partial charge in [0.2, 0.25) is 0 Å². The fourth-order valence-corrected chi connectivity index (χ4v) is 5.00. The number of amides is 1. The minimum atomic E-state index is -0.280. The van der Waals surface area contributed by atoms with Crippen molar-refractivity contribution < 1.29 is 4.79 Å². The van der Waals surface area contributed by atoms with Crippen molar-refractivity contribution in [2.24, 2.45) is 0 Å². The van der Waals surface area contributed by atoms with Crippen LogP contribution in [0.2, 0.25) is 0 Å². The van der Waals surface area contributed by atoms with Gasteiger partial charge in [0.25, 0.3) is 11.5 Å². The predicted octanol–water partition coefficient (Wildman–Crippen LogP) is 4.70. The van der Waals surface area contributed by atoms with Gasteiger partial charge >= 0.3 is 0 Å². The van der Waals surface area contributed by atoms with Crippen molar-refractivity contribution in [2.45, 2.75) is 19.3 Å². The van der Waals surface area contributed by atoms with Crippen LogP contribution in [0.5, 0.6) is 0 Å². The lowest BCUT2D eigenvalue weighted by atomic mass is 9.96. The van der Waals surface area contributed by atoms with Gasteiger partial charge in [-0.3, -0.25) is 19.1 Å². The predicted molar refractivity (Wildman–Crippen MR) is 132 cm³/mol. The standard InChI is InChI=1S/C26H22N4O2S/c1-16(13-20-24-22(11-12-28-20)33-15-29-24)21-14-17-7-6-10-19(25(31)27-2)23(17)26(32)30(21)18-8-4-3-5-9-18/h3-12,14-16H,13H2,1-2H3,(H,27,31)/t16-/m1/s1. The summed E-state index contributed by atoms with van der Waals surface area (Å²) in [6, 6.07) is 18.9. The Labute approximate surface area is 194 Å². The highest BCUT2D eigenvalue weighted by Gasteiger charge is 2.21. The molecule has 0 fully saturated rings. The Bertz CT molecular complexity index is 1540. The topological polar surface area (TPSA) is 76.9 Å². The maximum Gasteiger partial charge on any atom is 0.264 e. The molecule has 164 valence electrons. The number of carbonyl (C=O) groups is 1. The van der Waals surface area contributed by atoms with Crippen molar-refractivity contribution in [3.05, 3.63) is 99.7 Å². The van der Waals surface area contributed by atoms with E-state index in [0.29, 0.717) is 17.4 Å². The van der Waals surface area contributed by atoms with Crippen molar-refractivity contribution in [2.75, 3.05) is 7.05 Å². The number of rotatable bonds is 5. The van der Waals surface area contributed by atoms with Gasteiger partial charge in [-0.05, 0) is 42.1 Å². The Balaban J connectivity index is 1.73. The Morgan fingerprint density at radius 1 is 1.09 bits per heavy atom. The molecule has 0 spiro atoms. The number of hydrogen-bond donors (Lipinski definition) is 1. The summed E-state index contributed by atoms with van der Waals surface area (Å²) in [5.41, 5.74) is 5.44. The maximum absolute atomic E-state index is 13.9. The van der Waals surface area contributed by atoms with Crippen LogP contribution in [-0.4, -0.2) is 27.5 Å². The molecule has 0 radical (unpaired) electrons. The van der Waals surface area contributed by atoms with Crippen molar-refractivity contribution in [1.82, 2.24) is 19.9 Å². The molecule has 5 rings (SSSR count). The SMILES string of the molecule is CNC(=O)c1cccc2cc([C@H](C)Cc3nccc4scnc34)n(-c3ccccc3)c(=O)c12. The number of nitrogens with zero attached hydrogens (tertiary/aromatic N) is 3. The molecular weight excluding hydrogens is 432 g/mol. The molecule has 5 aromatic rings. The number of thiazole rings is 1. The zero-order valence-electron chi connectivity index (χ0n) is 18.3. The van der Waals surface area contributed by atoms with E-state index in [4.69, 9.17) is 0 Å². The van der Waals surface area contributed by atoms with Crippen LogP contribution in [-0.2, 0) is 6.42 Å². The van der Waals surface area contributed by atoms with E-state index in [-0.39, 0.29) is 17.4 Å². The van der Waals surface area contributed by atoms with Gasteiger partial charge in [0.15, 0.2) is 0 Å². The summed E-state index contributed by atoms with van der Waals surface area (Å²) in [6.45, 7) is 2.09. The molecule has 0 saturated heterocycles. The third kappa shape index (κ3) is 3.70. The lowest BCUT2D eigenvalue weighted by Gasteiger charge is -2.20. The van der Waals surface area contributed by atoms with Crippen molar-refractivity contribution in [1.29, 1.82) is 0 Å². The Morgan fingerprint density at radius 2 is 1.91 bits per heavy atom. The smallest absolute Gasteiger partial charge is 0.264 e. The third-order valence-electron chi connectivity index (χ3n) is 5.89. The van der Waals surface area contributed by atoms with Crippen LogP contribution in [0.3, 0.4) is 0 Å². The van der Waals surface area contributed by atoms with Crippen molar-refractivity contribution >= 4 is 38.2 Å². The number of carbonyl (C=O) groups excluding carboxylic acids is 1. The third-order valence-corrected chi connectivity index (χ3v) is 6.68. The highest BCUT2D eigenvalue weighted by molar-refractivity contribution is 7.16. The molecule has 1 atom stereocenters. The molecular formula is C26H22N4O2S. The number of benzene rings is 2. The second-order valence-corrected chi connectivity index (χ2v) is 8.84. The van der Waals surface area contributed by atoms with E-state index in [1.54, 1.807) is 29.0 Å². The van der Waals surface area contributed by atoms with Gasteiger partial charge in [0.1, 0.15) is 5.52 Å². The molecule has 0 aliphatic carbocycles. The fraction of sp³-hybridized carbons (Fsp3) is 0.154. The molecule has 33 heavy (non-hydrogen) atoms. The zero-order valence-corrected chi connectivity index (χ0v) is 19.1. The van der Waals surface area contributed by atoms with Gasteiger partial charge in [0.05, 0.1) is 26.9 Å². The van der Waals surface area contributed by atoms with Gasteiger partial charge in [-0.1, -0.05) is 37.3 Å². The van der Waals surface area contributed by atoms with Gasteiger partial charge in [-0.2, -0.15) is 0 Å². The summed E-state index contributed by atoms with van der Waals surface area (Å²) in [4.78, 5) is 35.5. The van der Waals surface area contributed by atoms with E-state index in [1.165, 1.54) is 0 Å². The molecule has 0 saturated carbocycles. The molecule has 2 aromatic carbocycles. The number of nitrogens with one attached hydrogen (secondary N) is 1. The Morgan fingerprint density at radius 3 is 2.70 bits per heavy atom. The van der Waals surface area contributed by atoms with Crippen LogP contribution in [0.25, 0.3) is 26.7 Å². The minimum Gasteiger partial charge on any atom is -0.355 e. The van der Waals surface area contributed by atoms with Gasteiger partial charge in [-0.25, -0.2) is 4.98 Å². The number of para-hydroxylation sites is 1. The highest BCUT2D eigenvalue weighted by atomic mass is 32.1. The number of hydrogen-bond acceptors (Lipinski definition) is 5. The van der Waals surface area contributed by atoms with E-state index in [2.05, 4.69) is 22.2 Å². The fourth-order valence-electron chi connectivity index (χ4n) is 4.30. The largest absolute Gasteiger partial charge is 0.355 e. The van der Waals surface area contributed by atoms with Crippen LogP contribution in [0, 0.1) is 0 Å². The lowest BCUT2D eigenvalue weighted by Crippen LogP contribution is -2.27.